The van der Waals surface area contributed by atoms with Crippen molar-refractivity contribution in [3.05, 3.63) is 59.4 Å². The number of rotatable bonds is 8. The lowest BCUT2D eigenvalue weighted by atomic mass is 9.85. The molecule has 6 heteroatoms. The zero-order chi connectivity index (χ0) is 21.4. The van der Waals surface area contributed by atoms with Crippen molar-refractivity contribution in [2.75, 3.05) is 31.5 Å². The number of likely N-dealkylation sites (tertiary alicyclic amines) is 1. The molecule has 3 rings (SSSR count). The number of aryl methyl sites for hydroxylation is 2. The fourth-order valence-electron chi connectivity index (χ4n) is 3.93. The number of pyridine rings is 1. The quantitative estimate of drug-likeness (QED) is 0.623. The average molecular weight is 411 g/mol. The van der Waals surface area contributed by atoms with Crippen LogP contribution in [0.2, 0.25) is 0 Å². The number of piperidine rings is 1. The molecule has 1 aromatic carbocycles. The van der Waals surface area contributed by atoms with Gasteiger partial charge in [-0.2, -0.15) is 0 Å². The van der Waals surface area contributed by atoms with Gasteiger partial charge in [0.15, 0.2) is 0 Å². The van der Waals surface area contributed by atoms with E-state index < -0.39 is 5.60 Å². The second-order valence-corrected chi connectivity index (χ2v) is 8.15. The Labute approximate surface area is 179 Å². The van der Waals surface area contributed by atoms with Crippen LogP contribution in [0.15, 0.2) is 42.5 Å². The first-order valence-corrected chi connectivity index (χ1v) is 11.0. The number of carbonyl (C=O) groups is 1. The number of carbonyl (C=O) groups excluding carboxylic acids is 1. The summed E-state index contributed by atoms with van der Waals surface area (Å²) in [5.74, 6) is 0. The average Bonchev–Trinajstić information content (AvgIpc) is 2.75. The Bertz CT molecular complexity index is 795. The van der Waals surface area contributed by atoms with Gasteiger partial charge in [0.1, 0.15) is 0 Å². The lowest BCUT2D eigenvalue weighted by Gasteiger charge is -2.38. The molecule has 0 aliphatic carbocycles. The van der Waals surface area contributed by atoms with Crippen LogP contribution in [-0.4, -0.2) is 52.8 Å². The molecule has 1 fully saturated rings. The molecule has 2 heterocycles. The molecular weight excluding hydrogens is 376 g/mol. The second kappa shape index (κ2) is 10.5. The molecule has 0 unspecified atom stereocenters. The van der Waals surface area contributed by atoms with Crippen LogP contribution in [0.5, 0.6) is 0 Å². The molecule has 0 saturated carbocycles. The van der Waals surface area contributed by atoms with Crippen molar-refractivity contribution in [1.29, 1.82) is 0 Å². The minimum Gasteiger partial charge on any atom is -0.389 e. The molecule has 1 aliphatic rings. The summed E-state index contributed by atoms with van der Waals surface area (Å²) >= 11 is 0. The van der Waals surface area contributed by atoms with E-state index in [1.54, 1.807) is 0 Å². The van der Waals surface area contributed by atoms with Crippen LogP contribution in [0.25, 0.3) is 0 Å². The number of amides is 2. The highest BCUT2D eigenvalue weighted by molar-refractivity contribution is 5.89. The monoisotopic (exact) mass is 410 g/mol. The van der Waals surface area contributed by atoms with E-state index in [4.69, 9.17) is 0 Å². The largest absolute Gasteiger partial charge is 0.389 e. The molecule has 1 aliphatic heterocycles. The molecule has 2 amide bonds. The first-order chi connectivity index (χ1) is 14.5. The predicted molar refractivity (Wildman–Crippen MR) is 121 cm³/mol. The zero-order valence-electron chi connectivity index (χ0n) is 18.2. The van der Waals surface area contributed by atoms with E-state index in [1.165, 1.54) is 5.56 Å². The topological polar surface area (TPSA) is 77.5 Å². The third-order valence-corrected chi connectivity index (χ3v) is 5.79. The predicted octanol–water partition coefficient (Wildman–Crippen LogP) is 3.40. The Hall–Kier alpha value is -2.44. The lowest BCUT2D eigenvalue weighted by molar-refractivity contribution is -0.0201. The maximum atomic E-state index is 12.3. The summed E-state index contributed by atoms with van der Waals surface area (Å²) < 4.78 is 0. The summed E-state index contributed by atoms with van der Waals surface area (Å²) in [6, 6.07) is 13.8. The van der Waals surface area contributed by atoms with Gasteiger partial charge in [-0.1, -0.05) is 44.2 Å². The molecule has 2 aromatic rings. The Morgan fingerprint density at radius 2 is 1.73 bits per heavy atom. The molecule has 162 valence electrons. The normalized spacial score (nSPS) is 16.2. The van der Waals surface area contributed by atoms with E-state index in [1.807, 2.05) is 30.3 Å². The summed E-state index contributed by atoms with van der Waals surface area (Å²) in [5.41, 5.74) is 3.32. The maximum Gasteiger partial charge on any atom is 0.319 e. The third kappa shape index (κ3) is 6.54. The number of nitrogens with one attached hydrogen (secondary N) is 2. The van der Waals surface area contributed by atoms with Gasteiger partial charge in [-0.25, -0.2) is 4.79 Å². The standard InChI is InChI=1S/C24H34N4O2/c1-3-20-16-22(17-21(4-2)26-20)27-23(29)25-12-15-28-13-10-24(30,11-14-28)18-19-8-6-5-7-9-19/h5-9,16-17,30H,3-4,10-15,18H2,1-2H3,(H2,25,26,27,29). The van der Waals surface area contributed by atoms with Gasteiger partial charge in [0.25, 0.3) is 0 Å². The van der Waals surface area contributed by atoms with Crippen molar-refractivity contribution in [2.45, 2.75) is 51.6 Å². The van der Waals surface area contributed by atoms with Gasteiger partial charge in [0.05, 0.1) is 5.60 Å². The van der Waals surface area contributed by atoms with E-state index in [0.29, 0.717) is 13.0 Å². The molecule has 3 N–H and O–H groups in total. The minimum absolute atomic E-state index is 0.192. The minimum atomic E-state index is -0.627. The highest BCUT2D eigenvalue weighted by atomic mass is 16.3. The molecule has 30 heavy (non-hydrogen) atoms. The number of aromatic nitrogens is 1. The van der Waals surface area contributed by atoms with Gasteiger partial charge in [-0.3, -0.25) is 4.98 Å². The van der Waals surface area contributed by atoms with Gasteiger partial charge < -0.3 is 20.6 Å². The van der Waals surface area contributed by atoms with E-state index in [-0.39, 0.29) is 6.03 Å². The molecule has 0 spiro atoms. The van der Waals surface area contributed by atoms with Crippen LogP contribution in [0, 0.1) is 0 Å². The van der Waals surface area contributed by atoms with E-state index in [2.05, 4.69) is 46.5 Å². The van der Waals surface area contributed by atoms with Crippen LogP contribution in [-0.2, 0) is 19.3 Å². The van der Waals surface area contributed by atoms with Crippen molar-refractivity contribution >= 4 is 11.7 Å². The first-order valence-electron chi connectivity index (χ1n) is 11.0. The van der Waals surface area contributed by atoms with E-state index in [0.717, 1.165) is 62.4 Å². The summed E-state index contributed by atoms with van der Waals surface area (Å²) in [6.45, 7) is 7.17. The summed E-state index contributed by atoms with van der Waals surface area (Å²) in [4.78, 5) is 19.1. The summed E-state index contributed by atoms with van der Waals surface area (Å²) in [6.07, 6.45) is 3.90. The smallest absolute Gasteiger partial charge is 0.319 e. The van der Waals surface area contributed by atoms with E-state index >= 15 is 0 Å². The van der Waals surface area contributed by atoms with Gasteiger partial charge in [-0.05, 0) is 43.4 Å². The maximum absolute atomic E-state index is 12.3. The third-order valence-electron chi connectivity index (χ3n) is 5.79. The number of aliphatic hydroxyl groups is 1. The number of urea groups is 1. The zero-order valence-corrected chi connectivity index (χ0v) is 18.2. The SMILES string of the molecule is CCc1cc(NC(=O)NCCN2CCC(O)(Cc3ccccc3)CC2)cc(CC)n1. The Balaban J connectivity index is 1.39. The van der Waals surface area contributed by atoms with Crippen molar-refractivity contribution in [2.24, 2.45) is 0 Å². The van der Waals surface area contributed by atoms with Crippen LogP contribution in [0.4, 0.5) is 10.5 Å². The molecule has 0 radical (unpaired) electrons. The molecule has 1 aromatic heterocycles. The number of anilines is 1. The lowest BCUT2D eigenvalue weighted by Crippen LogP contribution is -2.47. The number of hydrogen-bond acceptors (Lipinski definition) is 4. The van der Waals surface area contributed by atoms with Crippen LogP contribution >= 0.6 is 0 Å². The van der Waals surface area contributed by atoms with Gasteiger partial charge in [-0.15, -0.1) is 0 Å². The van der Waals surface area contributed by atoms with Gasteiger partial charge in [0.2, 0.25) is 0 Å². The first kappa shape index (κ1) is 22.2. The van der Waals surface area contributed by atoms with Crippen molar-refractivity contribution in [3.8, 4) is 0 Å². The Kier molecular flexibility index (Phi) is 7.82. The molecular formula is C24H34N4O2. The van der Waals surface area contributed by atoms with Crippen LogP contribution < -0.4 is 10.6 Å². The van der Waals surface area contributed by atoms with Gasteiger partial charge in [0, 0.05) is 49.7 Å². The fraction of sp³-hybridized carbons (Fsp3) is 0.500. The number of hydrogen-bond donors (Lipinski definition) is 3. The van der Waals surface area contributed by atoms with Gasteiger partial charge >= 0.3 is 6.03 Å². The van der Waals surface area contributed by atoms with Crippen molar-refractivity contribution in [3.63, 3.8) is 0 Å². The molecule has 0 bridgehead atoms. The van der Waals surface area contributed by atoms with E-state index in [9.17, 15) is 9.90 Å². The Morgan fingerprint density at radius 3 is 2.33 bits per heavy atom. The summed E-state index contributed by atoms with van der Waals surface area (Å²) in [7, 11) is 0. The summed E-state index contributed by atoms with van der Waals surface area (Å²) in [5, 5.41) is 16.8. The van der Waals surface area contributed by atoms with Crippen molar-refractivity contribution < 1.29 is 9.90 Å². The van der Waals surface area contributed by atoms with Crippen LogP contribution in [0.3, 0.4) is 0 Å². The highest BCUT2D eigenvalue weighted by Crippen LogP contribution is 2.26. The highest BCUT2D eigenvalue weighted by Gasteiger charge is 2.32. The fourth-order valence-corrected chi connectivity index (χ4v) is 3.93. The molecule has 6 nitrogen and oxygen atoms in total. The number of benzene rings is 1. The second-order valence-electron chi connectivity index (χ2n) is 8.15. The number of nitrogens with zero attached hydrogens (tertiary/aromatic N) is 2. The van der Waals surface area contributed by atoms with Crippen molar-refractivity contribution in [1.82, 2.24) is 15.2 Å². The molecule has 0 atom stereocenters. The molecule has 1 saturated heterocycles. The Morgan fingerprint density at radius 1 is 1.10 bits per heavy atom. The van der Waals surface area contributed by atoms with Crippen LogP contribution in [0.1, 0.15) is 43.6 Å².